The quantitative estimate of drug-likeness (QED) is 0.798. The van der Waals surface area contributed by atoms with E-state index in [1.54, 1.807) is 12.1 Å². The molecule has 0 saturated carbocycles. The van der Waals surface area contributed by atoms with Crippen molar-refractivity contribution in [3.8, 4) is 0 Å². The molecular formula is C17H20ClFN2. The molecule has 0 radical (unpaired) electrons. The van der Waals surface area contributed by atoms with Gasteiger partial charge in [-0.3, -0.25) is 4.90 Å². The number of hydrogen-bond donors (Lipinski definition) is 1. The summed E-state index contributed by atoms with van der Waals surface area (Å²) < 4.78 is 13.9. The highest BCUT2D eigenvalue weighted by molar-refractivity contribution is 6.30. The molecule has 0 heterocycles. The van der Waals surface area contributed by atoms with E-state index < -0.39 is 0 Å². The highest BCUT2D eigenvalue weighted by atomic mass is 35.5. The molecule has 0 atom stereocenters. The van der Waals surface area contributed by atoms with Crippen LogP contribution in [-0.2, 0) is 13.1 Å². The zero-order valence-electron chi connectivity index (χ0n) is 12.2. The van der Waals surface area contributed by atoms with Gasteiger partial charge < -0.3 is 5.73 Å². The Hall–Kier alpha value is -1.58. The molecule has 0 amide bonds. The third kappa shape index (κ3) is 4.73. The van der Waals surface area contributed by atoms with Gasteiger partial charge in [0.1, 0.15) is 5.82 Å². The van der Waals surface area contributed by atoms with Gasteiger partial charge in [-0.2, -0.15) is 0 Å². The Labute approximate surface area is 130 Å². The van der Waals surface area contributed by atoms with Crippen molar-refractivity contribution < 1.29 is 4.39 Å². The third-order valence-corrected chi connectivity index (χ3v) is 3.56. The van der Waals surface area contributed by atoms with Crippen molar-refractivity contribution >= 4 is 17.3 Å². The minimum absolute atomic E-state index is 0.210. The molecule has 2 aromatic carbocycles. The zero-order valence-corrected chi connectivity index (χ0v) is 12.9. The average molecular weight is 307 g/mol. The molecule has 4 heteroatoms. The van der Waals surface area contributed by atoms with E-state index in [9.17, 15) is 4.39 Å². The van der Waals surface area contributed by atoms with Gasteiger partial charge >= 0.3 is 0 Å². The largest absolute Gasteiger partial charge is 0.399 e. The maximum absolute atomic E-state index is 13.9. The summed E-state index contributed by atoms with van der Waals surface area (Å²) in [6.07, 6.45) is 1.01. The van der Waals surface area contributed by atoms with Crippen molar-refractivity contribution in [1.29, 1.82) is 0 Å². The number of rotatable bonds is 6. The SMILES string of the molecule is CCCN(Cc1ccc(N)cc1)Cc1cc(Cl)ccc1F. The number of hydrogen-bond acceptors (Lipinski definition) is 2. The van der Waals surface area contributed by atoms with Crippen LogP contribution in [-0.4, -0.2) is 11.4 Å². The van der Waals surface area contributed by atoms with Gasteiger partial charge in [-0.05, 0) is 48.9 Å². The van der Waals surface area contributed by atoms with Crippen LogP contribution in [0.2, 0.25) is 5.02 Å². The summed E-state index contributed by atoms with van der Waals surface area (Å²) >= 11 is 5.96. The average Bonchev–Trinajstić information content (AvgIpc) is 2.45. The number of nitrogens with zero attached hydrogens (tertiary/aromatic N) is 1. The molecule has 0 aliphatic rings. The second-order valence-electron chi connectivity index (χ2n) is 5.19. The smallest absolute Gasteiger partial charge is 0.127 e. The standard InChI is InChI=1S/C17H20ClFN2/c1-2-9-21(11-13-3-6-16(20)7-4-13)12-14-10-15(18)5-8-17(14)19/h3-8,10H,2,9,11-12,20H2,1H3. The van der Waals surface area contributed by atoms with Crippen LogP contribution in [0.15, 0.2) is 42.5 Å². The molecule has 2 aromatic rings. The second kappa shape index (κ2) is 7.43. The molecule has 2 nitrogen and oxygen atoms in total. The molecule has 0 aliphatic carbocycles. The van der Waals surface area contributed by atoms with E-state index in [2.05, 4.69) is 11.8 Å². The minimum atomic E-state index is -0.210. The Bertz CT molecular complexity index is 584. The van der Waals surface area contributed by atoms with Gasteiger partial charge in [0, 0.05) is 29.4 Å². The van der Waals surface area contributed by atoms with Crippen LogP contribution in [0.25, 0.3) is 0 Å². The molecule has 0 bridgehead atoms. The summed E-state index contributed by atoms with van der Waals surface area (Å²) in [5, 5.41) is 0.565. The highest BCUT2D eigenvalue weighted by Crippen LogP contribution is 2.18. The van der Waals surface area contributed by atoms with E-state index in [1.807, 2.05) is 24.3 Å². The molecule has 2 N–H and O–H groups in total. The summed E-state index contributed by atoms with van der Waals surface area (Å²) in [5.41, 5.74) is 8.25. The van der Waals surface area contributed by atoms with E-state index >= 15 is 0 Å². The Morgan fingerprint density at radius 2 is 1.81 bits per heavy atom. The lowest BCUT2D eigenvalue weighted by molar-refractivity contribution is 0.253. The van der Waals surface area contributed by atoms with E-state index in [0.29, 0.717) is 17.1 Å². The van der Waals surface area contributed by atoms with Crippen molar-refractivity contribution in [1.82, 2.24) is 4.90 Å². The van der Waals surface area contributed by atoms with Gasteiger partial charge in [0.05, 0.1) is 0 Å². The van der Waals surface area contributed by atoms with E-state index in [4.69, 9.17) is 17.3 Å². The fourth-order valence-corrected chi connectivity index (χ4v) is 2.51. The molecule has 0 spiro atoms. The molecular weight excluding hydrogens is 287 g/mol. The molecule has 0 unspecified atom stereocenters. The monoisotopic (exact) mass is 306 g/mol. The lowest BCUT2D eigenvalue weighted by Crippen LogP contribution is -2.24. The minimum Gasteiger partial charge on any atom is -0.399 e. The molecule has 21 heavy (non-hydrogen) atoms. The summed E-state index contributed by atoms with van der Waals surface area (Å²) in [4.78, 5) is 2.21. The van der Waals surface area contributed by atoms with Crippen LogP contribution in [0.4, 0.5) is 10.1 Å². The first-order chi connectivity index (χ1) is 10.1. The van der Waals surface area contributed by atoms with Crippen LogP contribution < -0.4 is 5.73 Å². The Kier molecular flexibility index (Phi) is 5.59. The van der Waals surface area contributed by atoms with Crippen molar-refractivity contribution in [2.75, 3.05) is 12.3 Å². The molecule has 0 aliphatic heterocycles. The van der Waals surface area contributed by atoms with Gasteiger partial charge in [0.15, 0.2) is 0 Å². The highest BCUT2D eigenvalue weighted by Gasteiger charge is 2.10. The number of nitrogen functional groups attached to an aromatic ring is 1. The van der Waals surface area contributed by atoms with Crippen molar-refractivity contribution in [2.24, 2.45) is 0 Å². The van der Waals surface area contributed by atoms with Crippen LogP contribution in [0, 0.1) is 5.82 Å². The Balaban J connectivity index is 2.11. The number of nitrogens with two attached hydrogens (primary N) is 1. The molecule has 0 saturated heterocycles. The first-order valence-corrected chi connectivity index (χ1v) is 7.47. The lowest BCUT2D eigenvalue weighted by Gasteiger charge is -2.22. The van der Waals surface area contributed by atoms with E-state index in [0.717, 1.165) is 25.2 Å². The van der Waals surface area contributed by atoms with Gasteiger partial charge in [0.2, 0.25) is 0 Å². The van der Waals surface area contributed by atoms with E-state index in [-0.39, 0.29) is 5.82 Å². The summed E-state index contributed by atoms with van der Waals surface area (Å²) in [6.45, 7) is 4.32. The zero-order chi connectivity index (χ0) is 15.2. The molecule has 112 valence electrons. The topological polar surface area (TPSA) is 29.3 Å². The summed E-state index contributed by atoms with van der Waals surface area (Å²) in [6, 6.07) is 12.5. The van der Waals surface area contributed by atoms with Crippen LogP contribution >= 0.6 is 11.6 Å². The van der Waals surface area contributed by atoms with Gasteiger partial charge in [-0.25, -0.2) is 4.39 Å². The van der Waals surface area contributed by atoms with Crippen molar-refractivity contribution in [3.05, 3.63) is 64.4 Å². The second-order valence-corrected chi connectivity index (χ2v) is 5.62. The maximum Gasteiger partial charge on any atom is 0.127 e. The van der Waals surface area contributed by atoms with Crippen LogP contribution in [0.5, 0.6) is 0 Å². The van der Waals surface area contributed by atoms with E-state index in [1.165, 1.54) is 11.6 Å². The predicted molar refractivity (Wildman–Crippen MR) is 86.7 cm³/mol. The number of anilines is 1. The first kappa shape index (κ1) is 15.8. The fraction of sp³-hybridized carbons (Fsp3) is 0.294. The van der Waals surface area contributed by atoms with Gasteiger partial charge in [0.25, 0.3) is 0 Å². The Morgan fingerprint density at radius 3 is 2.48 bits per heavy atom. The predicted octanol–water partition coefficient (Wildman–Crippen LogP) is 4.47. The number of halogens is 2. The summed E-state index contributed by atoms with van der Waals surface area (Å²) in [7, 11) is 0. The summed E-state index contributed by atoms with van der Waals surface area (Å²) in [5.74, 6) is -0.210. The van der Waals surface area contributed by atoms with Crippen molar-refractivity contribution in [2.45, 2.75) is 26.4 Å². The van der Waals surface area contributed by atoms with Crippen LogP contribution in [0.1, 0.15) is 24.5 Å². The molecule has 0 fully saturated rings. The van der Waals surface area contributed by atoms with Crippen molar-refractivity contribution in [3.63, 3.8) is 0 Å². The lowest BCUT2D eigenvalue weighted by atomic mass is 10.1. The molecule has 2 rings (SSSR count). The van der Waals surface area contributed by atoms with Gasteiger partial charge in [-0.15, -0.1) is 0 Å². The van der Waals surface area contributed by atoms with Crippen LogP contribution in [0.3, 0.4) is 0 Å². The molecule has 0 aromatic heterocycles. The Morgan fingerprint density at radius 1 is 1.10 bits per heavy atom. The van der Waals surface area contributed by atoms with Gasteiger partial charge in [-0.1, -0.05) is 30.7 Å². The number of benzene rings is 2. The maximum atomic E-state index is 13.9. The third-order valence-electron chi connectivity index (χ3n) is 3.33. The fourth-order valence-electron chi connectivity index (χ4n) is 2.32. The normalized spacial score (nSPS) is 11.0. The first-order valence-electron chi connectivity index (χ1n) is 7.09.